The molecule has 2 unspecified atom stereocenters. The van der Waals surface area contributed by atoms with Crippen LogP contribution in [0.4, 0.5) is 0 Å². The van der Waals surface area contributed by atoms with Crippen molar-refractivity contribution >= 4 is 35.1 Å². The molecule has 1 N–H and O–H groups in total. The van der Waals surface area contributed by atoms with E-state index in [9.17, 15) is 24.3 Å². The molecule has 0 radical (unpaired) electrons. The third-order valence-electron chi connectivity index (χ3n) is 7.27. The Morgan fingerprint density at radius 1 is 0.714 bits per heavy atom. The summed E-state index contributed by atoms with van der Waals surface area (Å²) in [6.45, 7) is 3.22. The Bertz CT molecular complexity index is 1570. The van der Waals surface area contributed by atoms with Crippen LogP contribution in [0.2, 0.25) is 0 Å². The molecule has 10 heteroatoms. The quantitative estimate of drug-likeness (QED) is 0.223. The molecule has 3 aromatic carbocycles. The Kier molecular flexibility index (Phi) is 9.43. The van der Waals surface area contributed by atoms with Crippen molar-refractivity contribution in [2.45, 2.75) is 25.4 Å². The van der Waals surface area contributed by atoms with Gasteiger partial charge in [-0.05, 0) is 50.2 Å². The molecule has 0 bridgehead atoms. The van der Waals surface area contributed by atoms with E-state index in [0.717, 1.165) is 25.0 Å². The number of esters is 2. The zero-order valence-corrected chi connectivity index (χ0v) is 24.9. The first kappa shape index (κ1) is 30.5. The van der Waals surface area contributed by atoms with Crippen LogP contribution in [-0.2, 0) is 33.2 Å². The number of aromatic hydroxyl groups is 1. The van der Waals surface area contributed by atoms with Crippen LogP contribution in [0.3, 0.4) is 0 Å². The van der Waals surface area contributed by atoms with Crippen LogP contribution in [0, 0.1) is 0 Å². The molecule has 4 rings (SSSR count). The number of carbonyl (C=O) groups excluding carboxylic acids is 2. The maximum absolute atomic E-state index is 14.4. The van der Waals surface area contributed by atoms with Crippen LogP contribution in [0.25, 0.3) is 0 Å². The Hall–Kier alpha value is -4.49. The number of hydrogen-bond acceptors (Lipinski definition) is 7. The molecule has 0 aliphatic heterocycles. The fourth-order valence-corrected chi connectivity index (χ4v) is 10.3. The SMILES string of the molecule is CCOC(=O)C(c1c(O)n(C)c(=O)n(C)c1=O)C(C(=O)OCC)[P+](c1ccccc1)(c1ccccc1)c1ccccc1. The van der Waals surface area contributed by atoms with Crippen LogP contribution >= 0.6 is 7.26 Å². The molecular weight excluding hydrogens is 555 g/mol. The summed E-state index contributed by atoms with van der Waals surface area (Å²) in [5.74, 6) is -3.99. The van der Waals surface area contributed by atoms with Crippen LogP contribution < -0.4 is 27.2 Å². The number of aromatic nitrogens is 2. The van der Waals surface area contributed by atoms with Gasteiger partial charge < -0.3 is 14.6 Å². The number of rotatable bonds is 10. The van der Waals surface area contributed by atoms with Gasteiger partial charge in [-0.25, -0.2) is 9.59 Å². The molecule has 0 fully saturated rings. The van der Waals surface area contributed by atoms with E-state index in [-0.39, 0.29) is 13.2 Å². The first-order valence-electron chi connectivity index (χ1n) is 13.6. The summed E-state index contributed by atoms with van der Waals surface area (Å²) in [5.41, 5.74) is -3.47. The van der Waals surface area contributed by atoms with Crippen molar-refractivity contribution in [3.63, 3.8) is 0 Å². The van der Waals surface area contributed by atoms with Crippen molar-refractivity contribution in [2.24, 2.45) is 14.1 Å². The minimum absolute atomic E-state index is 0.000511. The minimum Gasteiger partial charge on any atom is -0.494 e. The Morgan fingerprint density at radius 2 is 1.12 bits per heavy atom. The largest absolute Gasteiger partial charge is 0.494 e. The summed E-state index contributed by atoms with van der Waals surface area (Å²) in [6.07, 6.45) is 0. The summed E-state index contributed by atoms with van der Waals surface area (Å²) in [7, 11) is -0.711. The smallest absolute Gasteiger partial charge is 0.349 e. The fraction of sp³-hybridized carbons (Fsp3) is 0.250. The predicted molar refractivity (Wildman–Crippen MR) is 164 cm³/mol. The van der Waals surface area contributed by atoms with Crippen molar-refractivity contribution in [3.8, 4) is 5.88 Å². The molecule has 0 spiro atoms. The van der Waals surface area contributed by atoms with Gasteiger partial charge in [0.2, 0.25) is 5.88 Å². The molecule has 2 atom stereocenters. The van der Waals surface area contributed by atoms with E-state index < -0.39 is 53.5 Å². The molecule has 218 valence electrons. The van der Waals surface area contributed by atoms with Crippen molar-refractivity contribution in [2.75, 3.05) is 13.2 Å². The molecule has 0 amide bonds. The second kappa shape index (κ2) is 13.0. The van der Waals surface area contributed by atoms with Gasteiger partial charge >= 0.3 is 17.6 Å². The van der Waals surface area contributed by atoms with E-state index in [4.69, 9.17) is 9.47 Å². The molecule has 42 heavy (non-hydrogen) atoms. The summed E-state index contributed by atoms with van der Waals surface area (Å²) in [5, 5.41) is 13.5. The number of hydrogen-bond donors (Lipinski definition) is 1. The molecule has 1 aromatic heterocycles. The van der Waals surface area contributed by atoms with Gasteiger partial charge in [0.15, 0.2) is 5.66 Å². The highest BCUT2D eigenvalue weighted by molar-refractivity contribution is 7.97. The van der Waals surface area contributed by atoms with E-state index in [2.05, 4.69) is 0 Å². The molecule has 9 nitrogen and oxygen atoms in total. The van der Waals surface area contributed by atoms with E-state index >= 15 is 0 Å². The Morgan fingerprint density at radius 3 is 1.52 bits per heavy atom. The fourth-order valence-electron chi connectivity index (χ4n) is 5.43. The van der Waals surface area contributed by atoms with E-state index in [0.29, 0.717) is 0 Å². The first-order chi connectivity index (χ1) is 20.2. The van der Waals surface area contributed by atoms with Gasteiger partial charge in [0.25, 0.3) is 5.56 Å². The van der Waals surface area contributed by atoms with Crippen LogP contribution in [0.1, 0.15) is 25.3 Å². The number of nitrogens with zero attached hydrogens (tertiary/aromatic N) is 2. The zero-order valence-electron chi connectivity index (χ0n) is 24.0. The van der Waals surface area contributed by atoms with Crippen molar-refractivity contribution in [1.82, 2.24) is 9.13 Å². The molecule has 0 saturated heterocycles. The molecule has 4 aromatic rings. The van der Waals surface area contributed by atoms with E-state index in [1.807, 2.05) is 91.0 Å². The van der Waals surface area contributed by atoms with Crippen LogP contribution in [0.15, 0.2) is 101 Å². The summed E-state index contributed by atoms with van der Waals surface area (Å²) in [6, 6.07) is 28.0. The Balaban J connectivity index is 2.28. The first-order valence-corrected chi connectivity index (χ1v) is 15.4. The zero-order chi connectivity index (χ0) is 30.4. The number of ether oxygens (including phenoxy) is 2. The third kappa shape index (κ3) is 5.28. The summed E-state index contributed by atoms with van der Waals surface area (Å²) < 4.78 is 12.9. The van der Waals surface area contributed by atoms with Gasteiger partial charge in [0.05, 0.1) is 18.8 Å². The monoisotopic (exact) mass is 589 g/mol. The second-order valence-corrected chi connectivity index (χ2v) is 13.1. The van der Waals surface area contributed by atoms with Crippen molar-refractivity contribution in [3.05, 3.63) is 117 Å². The number of benzene rings is 3. The second-order valence-electron chi connectivity index (χ2n) is 9.60. The topological polar surface area (TPSA) is 117 Å². The highest BCUT2D eigenvalue weighted by Gasteiger charge is 2.63. The molecule has 1 heterocycles. The lowest BCUT2D eigenvalue weighted by Gasteiger charge is -2.36. The van der Waals surface area contributed by atoms with Gasteiger partial charge in [-0.1, -0.05) is 54.6 Å². The van der Waals surface area contributed by atoms with Gasteiger partial charge in [0, 0.05) is 14.1 Å². The Labute approximate surface area is 244 Å². The maximum atomic E-state index is 14.4. The molecule has 0 aliphatic rings. The van der Waals surface area contributed by atoms with Crippen molar-refractivity contribution in [1.29, 1.82) is 0 Å². The summed E-state index contributed by atoms with van der Waals surface area (Å²) in [4.78, 5) is 55.0. The predicted octanol–water partition coefficient (Wildman–Crippen LogP) is 2.36. The minimum atomic E-state index is -3.25. The average molecular weight is 590 g/mol. The van der Waals surface area contributed by atoms with E-state index in [1.165, 1.54) is 14.1 Å². The lowest BCUT2D eigenvalue weighted by molar-refractivity contribution is -0.151. The number of carbonyl (C=O) groups is 2. The van der Waals surface area contributed by atoms with Crippen LogP contribution in [-0.4, -0.2) is 45.1 Å². The van der Waals surface area contributed by atoms with Gasteiger partial charge in [-0.3, -0.25) is 18.7 Å². The molecule has 0 aliphatic carbocycles. The van der Waals surface area contributed by atoms with Gasteiger partial charge in [-0.2, -0.15) is 0 Å². The summed E-state index contributed by atoms with van der Waals surface area (Å²) >= 11 is 0. The van der Waals surface area contributed by atoms with Crippen molar-refractivity contribution < 1.29 is 24.2 Å². The van der Waals surface area contributed by atoms with E-state index in [1.54, 1.807) is 13.8 Å². The molecular formula is C32H34N2O7P+. The maximum Gasteiger partial charge on any atom is 0.349 e. The average Bonchev–Trinajstić information content (AvgIpc) is 3.02. The lowest BCUT2D eigenvalue weighted by Crippen LogP contribution is -2.50. The van der Waals surface area contributed by atoms with Gasteiger partial charge in [0.1, 0.15) is 29.1 Å². The van der Waals surface area contributed by atoms with Gasteiger partial charge in [-0.15, -0.1) is 0 Å². The lowest BCUT2D eigenvalue weighted by atomic mass is 9.96. The van der Waals surface area contributed by atoms with Crippen LogP contribution in [0.5, 0.6) is 5.88 Å². The molecule has 0 saturated carbocycles. The standard InChI is InChI=1S/C32H33N2O7P/c1-5-40-30(37)25(26-28(35)33(3)32(39)34(4)29(26)36)27(31(38)41-6-2)42(22-16-10-7-11-17-22,23-18-12-8-13-19-23)24-20-14-9-15-21-24/h7-21,25,27H,5-6H2,1-4H3/p+1. The normalized spacial score (nSPS) is 12.8. The highest BCUT2D eigenvalue weighted by atomic mass is 31.2. The third-order valence-corrected chi connectivity index (χ3v) is 12.0. The highest BCUT2D eigenvalue weighted by Crippen LogP contribution is 2.64.